The highest BCUT2D eigenvalue weighted by atomic mass is 16.2. The lowest BCUT2D eigenvalue weighted by Gasteiger charge is -2.36. The summed E-state index contributed by atoms with van der Waals surface area (Å²) in [5, 5.41) is 2.79. The standard InChI is InChI=1S/C18H36N2O2/c1-6-7-8-9-10-11-13-17(22)20(18(3,4)5)15-12-14-19-16(2)21/h6-15H2,1-5H3,(H,19,21). The van der Waals surface area contributed by atoms with Crippen molar-refractivity contribution in [3.8, 4) is 0 Å². The van der Waals surface area contributed by atoms with E-state index in [4.69, 9.17) is 0 Å². The van der Waals surface area contributed by atoms with Gasteiger partial charge in [-0.2, -0.15) is 0 Å². The number of carbonyl (C=O) groups is 2. The van der Waals surface area contributed by atoms with Gasteiger partial charge in [0.2, 0.25) is 11.8 Å². The predicted molar refractivity (Wildman–Crippen MR) is 92.8 cm³/mol. The highest BCUT2D eigenvalue weighted by Gasteiger charge is 2.25. The van der Waals surface area contributed by atoms with Gasteiger partial charge in [0.15, 0.2) is 0 Å². The molecule has 0 heterocycles. The number of unbranched alkanes of at least 4 members (excludes halogenated alkanes) is 5. The van der Waals surface area contributed by atoms with Crippen LogP contribution in [0.5, 0.6) is 0 Å². The molecule has 0 rings (SSSR count). The molecule has 22 heavy (non-hydrogen) atoms. The Hall–Kier alpha value is -1.06. The summed E-state index contributed by atoms with van der Waals surface area (Å²) in [5.74, 6) is 0.228. The minimum Gasteiger partial charge on any atom is -0.356 e. The molecule has 130 valence electrons. The van der Waals surface area contributed by atoms with Crippen LogP contribution < -0.4 is 5.32 Å². The molecule has 0 radical (unpaired) electrons. The van der Waals surface area contributed by atoms with E-state index in [1.165, 1.54) is 32.6 Å². The Morgan fingerprint density at radius 3 is 2.09 bits per heavy atom. The molecule has 0 saturated carbocycles. The van der Waals surface area contributed by atoms with Gasteiger partial charge in [-0.25, -0.2) is 0 Å². The summed E-state index contributed by atoms with van der Waals surface area (Å²) in [5.41, 5.74) is -0.157. The number of hydrogen-bond donors (Lipinski definition) is 1. The molecule has 4 heteroatoms. The Morgan fingerprint density at radius 1 is 0.955 bits per heavy atom. The Balaban J connectivity index is 4.10. The third kappa shape index (κ3) is 10.6. The molecule has 0 aliphatic carbocycles. The monoisotopic (exact) mass is 312 g/mol. The lowest BCUT2D eigenvalue weighted by Crippen LogP contribution is -2.46. The zero-order valence-electron chi connectivity index (χ0n) is 15.3. The number of hydrogen-bond acceptors (Lipinski definition) is 2. The predicted octanol–water partition coefficient (Wildman–Crippen LogP) is 3.89. The smallest absolute Gasteiger partial charge is 0.222 e. The molecule has 0 bridgehead atoms. The van der Waals surface area contributed by atoms with Gasteiger partial charge in [-0.3, -0.25) is 9.59 Å². The molecular formula is C18H36N2O2. The summed E-state index contributed by atoms with van der Waals surface area (Å²) in [7, 11) is 0. The van der Waals surface area contributed by atoms with Gasteiger partial charge < -0.3 is 10.2 Å². The summed E-state index contributed by atoms with van der Waals surface area (Å²) in [4.78, 5) is 25.3. The molecule has 0 aromatic heterocycles. The Labute approximate surface area is 137 Å². The minimum atomic E-state index is -0.157. The summed E-state index contributed by atoms with van der Waals surface area (Å²) in [6, 6.07) is 0. The highest BCUT2D eigenvalue weighted by Crippen LogP contribution is 2.17. The second kappa shape index (κ2) is 11.5. The van der Waals surface area contributed by atoms with Crippen LogP contribution in [0.3, 0.4) is 0 Å². The summed E-state index contributed by atoms with van der Waals surface area (Å²) < 4.78 is 0. The third-order valence-corrected chi connectivity index (χ3v) is 3.79. The van der Waals surface area contributed by atoms with Crippen LogP contribution >= 0.6 is 0 Å². The lowest BCUT2D eigenvalue weighted by molar-refractivity contribution is -0.136. The zero-order valence-corrected chi connectivity index (χ0v) is 15.3. The van der Waals surface area contributed by atoms with Crippen molar-refractivity contribution in [2.24, 2.45) is 0 Å². The highest BCUT2D eigenvalue weighted by molar-refractivity contribution is 5.77. The fourth-order valence-corrected chi connectivity index (χ4v) is 2.53. The molecule has 0 aliphatic rings. The average Bonchev–Trinajstić information content (AvgIpc) is 2.40. The van der Waals surface area contributed by atoms with E-state index in [1.807, 2.05) is 4.90 Å². The third-order valence-electron chi connectivity index (χ3n) is 3.79. The maximum atomic E-state index is 12.4. The van der Waals surface area contributed by atoms with Crippen LogP contribution in [-0.4, -0.2) is 35.3 Å². The van der Waals surface area contributed by atoms with Gasteiger partial charge in [0.05, 0.1) is 0 Å². The quantitative estimate of drug-likeness (QED) is 0.588. The first kappa shape index (κ1) is 20.9. The van der Waals surface area contributed by atoms with Crippen LogP contribution in [0.4, 0.5) is 0 Å². The van der Waals surface area contributed by atoms with Crippen molar-refractivity contribution < 1.29 is 9.59 Å². The van der Waals surface area contributed by atoms with Gasteiger partial charge in [0, 0.05) is 32.0 Å². The van der Waals surface area contributed by atoms with Crippen molar-refractivity contribution in [3.63, 3.8) is 0 Å². The second-order valence-electron chi connectivity index (χ2n) is 7.07. The fraction of sp³-hybridized carbons (Fsp3) is 0.889. The molecule has 0 unspecified atom stereocenters. The number of carbonyl (C=O) groups excluding carboxylic acids is 2. The largest absolute Gasteiger partial charge is 0.356 e. The summed E-state index contributed by atoms with van der Waals surface area (Å²) in [6.07, 6.45) is 8.65. The van der Waals surface area contributed by atoms with Crippen LogP contribution in [-0.2, 0) is 9.59 Å². The number of rotatable bonds is 11. The number of nitrogens with one attached hydrogen (secondary N) is 1. The first-order valence-corrected chi connectivity index (χ1v) is 8.84. The van der Waals surface area contributed by atoms with Gasteiger partial charge in [0.25, 0.3) is 0 Å². The van der Waals surface area contributed by atoms with Crippen LogP contribution in [0.1, 0.15) is 86.0 Å². The Bertz CT molecular complexity index is 322. The van der Waals surface area contributed by atoms with E-state index < -0.39 is 0 Å². The molecule has 0 atom stereocenters. The second-order valence-corrected chi connectivity index (χ2v) is 7.07. The van der Waals surface area contributed by atoms with Crippen molar-refractivity contribution in [1.82, 2.24) is 10.2 Å². The SMILES string of the molecule is CCCCCCCCC(=O)N(CCCNC(C)=O)C(C)(C)C. The summed E-state index contributed by atoms with van der Waals surface area (Å²) >= 11 is 0. The topological polar surface area (TPSA) is 49.4 Å². The van der Waals surface area contributed by atoms with E-state index in [9.17, 15) is 9.59 Å². The van der Waals surface area contributed by atoms with E-state index in [-0.39, 0.29) is 17.4 Å². The van der Waals surface area contributed by atoms with Crippen molar-refractivity contribution in [1.29, 1.82) is 0 Å². The molecule has 0 aliphatic heterocycles. The summed E-state index contributed by atoms with van der Waals surface area (Å²) in [6.45, 7) is 11.3. The normalized spacial score (nSPS) is 11.3. The van der Waals surface area contributed by atoms with Gasteiger partial charge in [-0.1, -0.05) is 39.0 Å². The van der Waals surface area contributed by atoms with Gasteiger partial charge >= 0.3 is 0 Å². The lowest BCUT2D eigenvalue weighted by atomic mass is 10.0. The maximum Gasteiger partial charge on any atom is 0.222 e. The average molecular weight is 312 g/mol. The van der Waals surface area contributed by atoms with Crippen molar-refractivity contribution in [3.05, 3.63) is 0 Å². The first-order chi connectivity index (χ1) is 10.3. The van der Waals surface area contributed by atoms with Crippen LogP contribution in [0.25, 0.3) is 0 Å². The van der Waals surface area contributed by atoms with Crippen LogP contribution in [0.2, 0.25) is 0 Å². The van der Waals surface area contributed by atoms with E-state index in [0.717, 1.165) is 19.3 Å². The fourth-order valence-electron chi connectivity index (χ4n) is 2.53. The molecule has 0 spiro atoms. The molecule has 0 fully saturated rings. The van der Waals surface area contributed by atoms with Crippen molar-refractivity contribution in [2.75, 3.05) is 13.1 Å². The maximum absolute atomic E-state index is 12.4. The molecule has 0 aromatic rings. The molecule has 0 saturated heterocycles. The van der Waals surface area contributed by atoms with Crippen molar-refractivity contribution >= 4 is 11.8 Å². The molecular weight excluding hydrogens is 276 g/mol. The Kier molecular flexibility index (Phi) is 10.9. The van der Waals surface area contributed by atoms with Crippen molar-refractivity contribution in [2.45, 2.75) is 91.5 Å². The van der Waals surface area contributed by atoms with E-state index >= 15 is 0 Å². The molecule has 0 aromatic carbocycles. The van der Waals surface area contributed by atoms with E-state index in [1.54, 1.807) is 0 Å². The molecule has 2 amide bonds. The van der Waals surface area contributed by atoms with Gasteiger partial charge in [-0.15, -0.1) is 0 Å². The first-order valence-electron chi connectivity index (χ1n) is 8.84. The van der Waals surface area contributed by atoms with E-state index in [2.05, 4.69) is 33.0 Å². The zero-order chi connectivity index (χ0) is 17.0. The molecule has 4 nitrogen and oxygen atoms in total. The van der Waals surface area contributed by atoms with E-state index in [0.29, 0.717) is 19.5 Å². The minimum absolute atomic E-state index is 0.0132. The van der Waals surface area contributed by atoms with Gasteiger partial charge in [0.1, 0.15) is 0 Å². The number of nitrogens with zero attached hydrogens (tertiary/aromatic N) is 1. The van der Waals surface area contributed by atoms with Gasteiger partial charge in [-0.05, 0) is 33.6 Å². The number of amides is 2. The molecule has 1 N–H and O–H groups in total. The van der Waals surface area contributed by atoms with Crippen LogP contribution in [0.15, 0.2) is 0 Å². The Morgan fingerprint density at radius 2 is 1.55 bits per heavy atom. The van der Waals surface area contributed by atoms with Crippen LogP contribution in [0, 0.1) is 0 Å².